The van der Waals surface area contributed by atoms with E-state index in [-0.39, 0.29) is 16.8 Å². The van der Waals surface area contributed by atoms with Gasteiger partial charge in [-0.3, -0.25) is 10.1 Å². The molecule has 1 aliphatic carbocycles. The highest BCUT2D eigenvalue weighted by atomic mass is 16.6. The Hall–Kier alpha value is -2.09. The molecule has 2 rings (SSSR count). The molecule has 0 spiro atoms. The summed E-state index contributed by atoms with van der Waals surface area (Å²) in [5.74, 6) is 0. The van der Waals surface area contributed by atoms with Gasteiger partial charge in [0.2, 0.25) is 0 Å². The molecule has 94 valence electrons. The average molecular weight is 245 g/mol. The normalized spacial score (nSPS) is 16.4. The van der Waals surface area contributed by atoms with Gasteiger partial charge in [0.1, 0.15) is 11.6 Å². The lowest BCUT2D eigenvalue weighted by molar-refractivity contribution is -0.385. The molecule has 5 nitrogen and oxygen atoms in total. The van der Waals surface area contributed by atoms with Gasteiger partial charge in [0.05, 0.1) is 4.92 Å². The van der Waals surface area contributed by atoms with Gasteiger partial charge in [0.25, 0.3) is 5.69 Å². The molecule has 0 unspecified atom stereocenters. The van der Waals surface area contributed by atoms with Crippen LogP contribution in [0.4, 0.5) is 11.4 Å². The lowest BCUT2D eigenvalue weighted by atomic mass is 9.74. The number of nitro groups is 1. The molecule has 1 fully saturated rings. The van der Waals surface area contributed by atoms with Crippen molar-refractivity contribution in [2.24, 2.45) is 0 Å². The van der Waals surface area contributed by atoms with Crippen molar-refractivity contribution in [1.29, 1.82) is 5.26 Å². The Morgan fingerprint density at radius 1 is 1.56 bits per heavy atom. The summed E-state index contributed by atoms with van der Waals surface area (Å²) in [6.45, 7) is 2.12. The Labute approximate surface area is 106 Å². The van der Waals surface area contributed by atoms with E-state index in [0.29, 0.717) is 0 Å². The fourth-order valence-corrected chi connectivity index (χ4v) is 2.33. The summed E-state index contributed by atoms with van der Waals surface area (Å²) in [5.41, 5.74) is 0.780. The molecule has 5 heteroatoms. The van der Waals surface area contributed by atoms with Gasteiger partial charge in [0, 0.05) is 17.3 Å². The van der Waals surface area contributed by atoms with E-state index in [2.05, 4.69) is 12.2 Å². The van der Waals surface area contributed by atoms with E-state index in [1.165, 1.54) is 18.6 Å². The first-order valence-electron chi connectivity index (χ1n) is 6.07. The summed E-state index contributed by atoms with van der Waals surface area (Å²) >= 11 is 0. The van der Waals surface area contributed by atoms with Gasteiger partial charge in [-0.25, -0.2) is 0 Å². The molecule has 0 aromatic heterocycles. The molecule has 1 N–H and O–H groups in total. The number of nitrogens with zero attached hydrogens (tertiary/aromatic N) is 2. The molecule has 0 bridgehead atoms. The van der Waals surface area contributed by atoms with Crippen molar-refractivity contribution in [3.8, 4) is 6.07 Å². The Balaban J connectivity index is 2.27. The van der Waals surface area contributed by atoms with Crippen LogP contribution in [0.1, 0.15) is 38.2 Å². The zero-order valence-electron chi connectivity index (χ0n) is 10.3. The third-order valence-corrected chi connectivity index (χ3v) is 3.71. The molecule has 1 aromatic rings. The molecule has 0 amide bonds. The second kappa shape index (κ2) is 4.65. The van der Waals surface area contributed by atoms with E-state index in [4.69, 9.17) is 5.26 Å². The summed E-state index contributed by atoms with van der Waals surface area (Å²) in [5, 5.41) is 23.1. The zero-order valence-corrected chi connectivity index (χ0v) is 10.3. The van der Waals surface area contributed by atoms with Crippen molar-refractivity contribution in [3.05, 3.63) is 33.9 Å². The number of nitro benzene ring substituents is 1. The molecular weight excluding hydrogens is 230 g/mol. The van der Waals surface area contributed by atoms with Crippen molar-refractivity contribution in [2.75, 3.05) is 5.32 Å². The van der Waals surface area contributed by atoms with Crippen molar-refractivity contribution in [3.63, 3.8) is 0 Å². The second-order valence-electron chi connectivity index (χ2n) is 4.71. The second-order valence-corrected chi connectivity index (χ2v) is 4.71. The van der Waals surface area contributed by atoms with Crippen molar-refractivity contribution >= 4 is 11.4 Å². The summed E-state index contributed by atoms with van der Waals surface area (Å²) in [6.07, 6.45) is 4.38. The highest BCUT2D eigenvalue weighted by molar-refractivity contribution is 5.60. The average Bonchev–Trinajstić information content (AvgIpc) is 2.33. The molecule has 0 radical (unpaired) electrons. The van der Waals surface area contributed by atoms with Crippen molar-refractivity contribution in [2.45, 2.75) is 38.1 Å². The largest absolute Gasteiger partial charge is 0.379 e. The van der Waals surface area contributed by atoms with Crippen LogP contribution in [0.3, 0.4) is 0 Å². The minimum atomic E-state index is -0.511. The van der Waals surface area contributed by atoms with E-state index in [9.17, 15) is 10.1 Å². The van der Waals surface area contributed by atoms with Crippen LogP contribution in [0, 0.1) is 21.4 Å². The number of hydrogen-bond donors (Lipinski definition) is 1. The first-order valence-corrected chi connectivity index (χ1v) is 6.07. The molecule has 1 aromatic carbocycles. The lowest BCUT2D eigenvalue weighted by Gasteiger charge is -2.42. The summed E-state index contributed by atoms with van der Waals surface area (Å²) in [4.78, 5) is 10.4. The number of benzene rings is 1. The number of rotatable bonds is 4. The maximum atomic E-state index is 10.9. The van der Waals surface area contributed by atoms with Gasteiger partial charge < -0.3 is 5.32 Å². The van der Waals surface area contributed by atoms with Crippen molar-refractivity contribution < 1.29 is 4.92 Å². The third-order valence-electron chi connectivity index (χ3n) is 3.71. The summed E-state index contributed by atoms with van der Waals surface area (Å²) in [7, 11) is 0. The molecule has 1 aliphatic rings. The van der Waals surface area contributed by atoms with Crippen LogP contribution >= 0.6 is 0 Å². The molecule has 0 heterocycles. The van der Waals surface area contributed by atoms with Gasteiger partial charge in [-0.15, -0.1) is 0 Å². The van der Waals surface area contributed by atoms with Gasteiger partial charge in [-0.2, -0.15) is 5.26 Å². The fraction of sp³-hybridized carbons (Fsp3) is 0.462. The highest BCUT2D eigenvalue weighted by Crippen LogP contribution is 2.38. The molecule has 0 aliphatic heterocycles. The van der Waals surface area contributed by atoms with Crippen LogP contribution in [0.2, 0.25) is 0 Å². The van der Waals surface area contributed by atoms with Crippen LogP contribution in [0.5, 0.6) is 0 Å². The predicted molar refractivity (Wildman–Crippen MR) is 68.3 cm³/mol. The minimum absolute atomic E-state index is 0.0853. The van der Waals surface area contributed by atoms with E-state index >= 15 is 0 Å². The Kier molecular flexibility index (Phi) is 3.19. The maximum Gasteiger partial charge on any atom is 0.289 e. The maximum absolute atomic E-state index is 10.9. The van der Waals surface area contributed by atoms with E-state index in [1.54, 1.807) is 6.07 Å². The van der Waals surface area contributed by atoms with Crippen LogP contribution < -0.4 is 5.32 Å². The zero-order chi connectivity index (χ0) is 13.2. The molecule has 18 heavy (non-hydrogen) atoms. The first kappa shape index (κ1) is 12.4. The van der Waals surface area contributed by atoms with E-state index < -0.39 is 4.92 Å². The predicted octanol–water partition coefficient (Wildman–Crippen LogP) is 3.21. The first-order chi connectivity index (χ1) is 8.60. The Bertz CT molecular complexity index is 510. The van der Waals surface area contributed by atoms with Crippen LogP contribution in [-0.4, -0.2) is 10.5 Å². The third kappa shape index (κ3) is 2.14. The smallest absolute Gasteiger partial charge is 0.289 e. The highest BCUT2D eigenvalue weighted by Gasteiger charge is 2.35. The molecule has 0 saturated heterocycles. The SMILES string of the molecule is CCC1(Nc2ccc(C#N)c([N+](=O)[O-])c2)CCC1. The number of anilines is 1. The standard InChI is InChI=1S/C13H15N3O2/c1-2-13(6-3-7-13)15-11-5-4-10(9-14)12(8-11)16(17)18/h4-5,8,15H,2-3,6-7H2,1H3. The minimum Gasteiger partial charge on any atom is -0.379 e. The lowest BCUT2D eigenvalue weighted by Crippen LogP contribution is -2.44. The molecule has 1 saturated carbocycles. The van der Waals surface area contributed by atoms with Gasteiger partial charge in [-0.1, -0.05) is 6.92 Å². The van der Waals surface area contributed by atoms with Gasteiger partial charge in [-0.05, 0) is 37.8 Å². The van der Waals surface area contributed by atoms with Gasteiger partial charge in [0.15, 0.2) is 0 Å². The van der Waals surface area contributed by atoms with Gasteiger partial charge >= 0.3 is 0 Å². The van der Waals surface area contributed by atoms with Crippen LogP contribution in [-0.2, 0) is 0 Å². The van der Waals surface area contributed by atoms with Crippen molar-refractivity contribution in [1.82, 2.24) is 0 Å². The monoisotopic (exact) mass is 245 g/mol. The quantitative estimate of drug-likeness (QED) is 0.652. The summed E-state index contributed by atoms with van der Waals surface area (Å²) in [6, 6.07) is 6.53. The number of nitriles is 1. The van der Waals surface area contributed by atoms with Crippen LogP contribution in [0.15, 0.2) is 18.2 Å². The Morgan fingerprint density at radius 2 is 2.28 bits per heavy atom. The fourth-order valence-electron chi connectivity index (χ4n) is 2.33. The molecular formula is C13H15N3O2. The Morgan fingerprint density at radius 3 is 2.72 bits per heavy atom. The number of hydrogen-bond acceptors (Lipinski definition) is 4. The molecule has 0 atom stereocenters. The van der Waals surface area contributed by atoms with E-state index in [0.717, 1.165) is 24.9 Å². The topological polar surface area (TPSA) is 79.0 Å². The summed E-state index contributed by atoms with van der Waals surface area (Å²) < 4.78 is 0. The number of nitrogens with one attached hydrogen (secondary N) is 1. The van der Waals surface area contributed by atoms with E-state index in [1.807, 2.05) is 6.07 Å². The van der Waals surface area contributed by atoms with Crippen LogP contribution in [0.25, 0.3) is 0 Å².